The number of nitrogens with zero attached hydrogens (tertiary/aromatic N) is 1. The summed E-state index contributed by atoms with van der Waals surface area (Å²) in [6.07, 6.45) is 0. The maximum atomic E-state index is 13.6. The first-order chi connectivity index (χ1) is 16.9. The smallest absolute Gasteiger partial charge is 0.352 e. The van der Waals surface area contributed by atoms with E-state index in [1.165, 1.54) is 12.1 Å². The average molecular weight is 497 g/mol. The standard InChI is InChI=1S/C26H22ClFN2O5/c1-33-18-5-6-19-20(12-29-11-15-2-7-23-24(8-15)35-14-34-23)25(26(31)32)30(22(19)10-18)13-16-3-4-17(28)9-21(16)27/h2-10,29H,11-14H2,1H3,(H,31,32). The van der Waals surface area contributed by atoms with Gasteiger partial charge in [0.2, 0.25) is 6.79 Å². The van der Waals surface area contributed by atoms with Crippen molar-refractivity contribution in [2.24, 2.45) is 0 Å². The fourth-order valence-corrected chi connectivity index (χ4v) is 4.55. The molecule has 1 aliphatic heterocycles. The van der Waals surface area contributed by atoms with E-state index in [4.69, 9.17) is 25.8 Å². The van der Waals surface area contributed by atoms with Crippen molar-refractivity contribution >= 4 is 28.5 Å². The van der Waals surface area contributed by atoms with Crippen LogP contribution in [0.4, 0.5) is 4.39 Å². The van der Waals surface area contributed by atoms with Gasteiger partial charge in [-0.05, 0) is 47.5 Å². The van der Waals surface area contributed by atoms with Crippen LogP contribution in [-0.2, 0) is 19.6 Å². The van der Waals surface area contributed by atoms with Gasteiger partial charge in [-0.15, -0.1) is 0 Å². The third-order valence-corrected chi connectivity index (χ3v) is 6.34. The number of benzene rings is 3. The van der Waals surface area contributed by atoms with Gasteiger partial charge in [0.15, 0.2) is 11.5 Å². The van der Waals surface area contributed by atoms with Crippen LogP contribution in [0.2, 0.25) is 5.02 Å². The first-order valence-electron chi connectivity index (χ1n) is 10.9. The molecule has 35 heavy (non-hydrogen) atoms. The first-order valence-corrected chi connectivity index (χ1v) is 11.3. The lowest BCUT2D eigenvalue weighted by molar-refractivity contribution is 0.0684. The second kappa shape index (κ2) is 9.48. The van der Waals surface area contributed by atoms with Crippen molar-refractivity contribution in [3.63, 3.8) is 0 Å². The molecule has 5 rings (SSSR count). The molecular formula is C26H22ClFN2O5. The maximum absolute atomic E-state index is 13.6. The number of halogens is 2. The highest BCUT2D eigenvalue weighted by atomic mass is 35.5. The van der Waals surface area contributed by atoms with E-state index in [-0.39, 0.29) is 24.1 Å². The van der Waals surface area contributed by atoms with Gasteiger partial charge < -0.3 is 29.2 Å². The average Bonchev–Trinajstić information content (AvgIpc) is 3.43. The van der Waals surface area contributed by atoms with Crippen molar-refractivity contribution in [2.75, 3.05) is 13.9 Å². The number of fused-ring (bicyclic) bond motifs is 2. The fourth-order valence-electron chi connectivity index (χ4n) is 4.32. The monoisotopic (exact) mass is 496 g/mol. The van der Waals surface area contributed by atoms with E-state index < -0.39 is 11.8 Å². The Kier molecular flexibility index (Phi) is 6.23. The predicted octanol–water partition coefficient (Wildman–Crippen LogP) is 5.21. The summed E-state index contributed by atoms with van der Waals surface area (Å²) >= 11 is 6.26. The van der Waals surface area contributed by atoms with Gasteiger partial charge in [-0.25, -0.2) is 9.18 Å². The Hall–Kier alpha value is -3.75. The molecule has 4 aromatic rings. The van der Waals surface area contributed by atoms with Gasteiger partial charge in [-0.2, -0.15) is 0 Å². The minimum absolute atomic E-state index is 0.131. The molecule has 0 unspecified atom stereocenters. The first kappa shape index (κ1) is 23.0. The molecule has 1 aliphatic rings. The number of rotatable bonds is 8. The zero-order valence-electron chi connectivity index (χ0n) is 18.8. The molecule has 180 valence electrons. The number of aromatic carboxylic acids is 1. The van der Waals surface area contributed by atoms with Crippen LogP contribution in [0.1, 0.15) is 27.2 Å². The highest BCUT2D eigenvalue weighted by Gasteiger charge is 2.23. The van der Waals surface area contributed by atoms with E-state index in [1.54, 1.807) is 29.9 Å². The van der Waals surface area contributed by atoms with Crippen molar-refractivity contribution in [3.05, 3.63) is 87.8 Å². The third-order valence-electron chi connectivity index (χ3n) is 5.99. The molecule has 0 saturated carbocycles. The van der Waals surface area contributed by atoms with Crippen molar-refractivity contribution in [3.8, 4) is 17.2 Å². The van der Waals surface area contributed by atoms with Crippen LogP contribution in [-0.4, -0.2) is 29.5 Å². The number of carbonyl (C=O) groups is 1. The Morgan fingerprint density at radius 2 is 1.94 bits per heavy atom. The number of ether oxygens (including phenoxy) is 3. The second-order valence-corrected chi connectivity index (χ2v) is 8.54. The zero-order chi connectivity index (χ0) is 24.5. The normalized spacial score (nSPS) is 12.3. The van der Waals surface area contributed by atoms with Crippen LogP contribution < -0.4 is 19.5 Å². The summed E-state index contributed by atoms with van der Waals surface area (Å²) < 4.78 is 31.4. The van der Waals surface area contributed by atoms with Crippen LogP contribution in [0, 0.1) is 5.82 Å². The summed E-state index contributed by atoms with van der Waals surface area (Å²) in [5.41, 5.74) is 3.03. The molecule has 0 amide bonds. The van der Waals surface area contributed by atoms with Gasteiger partial charge in [-0.3, -0.25) is 0 Å². The second-order valence-electron chi connectivity index (χ2n) is 8.13. The lowest BCUT2D eigenvalue weighted by Crippen LogP contribution is -2.17. The van der Waals surface area contributed by atoms with Crippen molar-refractivity contribution in [2.45, 2.75) is 19.6 Å². The van der Waals surface area contributed by atoms with Gasteiger partial charge in [0.25, 0.3) is 0 Å². The molecule has 0 aliphatic carbocycles. The van der Waals surface area contributed by atoms with Crippen LogP contribution in [0.25, 0.3) is 10.9 Å². The Morgan fingerprint density at radius 3 is 2.71 bits per heavy atom. The van der Waals surface area contributed by atoms with Gasteiger partial charge in [0.1, 0.15) is 17.3 Å². The quantitative estimate of drug-likeness (QED) is 0.348. The minimum atomic E-state index is -1.07. The van der Waals surface area contributed by atoms with Gasteiger partial charge in [0, 0.05) is 41.7 Å². The van der Waals surface area contributed by atoms with E-state index in [0.29, 0.717) is 47.0 Å². The number of hydrogen-bond acceptors (Lipinski definition) is 5. The maximum Gasteiger partial charge on any atom is 0.352 e. The topological polar surface area (TPSA) is 81.9 Å². The van der Waals surface area contributed by atoms with Crippen LogP contribution in [0.5, 0.6) is 17.2 Å². The Bertz CT molecular complexity index is 1440. The van der Waals surface area contributed by atoms with E-state index in [2.05, 4.69) is 5.32 Å². The molecule has 0 saturated heterocycles. The lowest BCUT2D eigenvalue weighted by Gasteiger charge is -2.12. The largest absolute Gasteiger partial charge is 0.497 e. The van der Waals surface area contributed by atoms with E-state index in [9.17, 15) is 14.3 Å². The van der Waals surface area contributed by atoms with E-state index >= 15 is 0 Å². The minimum Gasteiger partial charge on any atom is -0.497 e. The molecule has 0 radical (unpaired) electrons. The van der Waals surface area contributed by atoms with Crippen molar-refractivity contribution in [1.82, 2.24) is 9.88 Å². The number of nitrogens with one attached hydrogen (secondary N) is 1. The summed E-state index contributed by atoms with van der Waals surface area (Å²) in [7, 11) is 1.55. The summed E-state index contributed by atoms with van der Waals surface area (Å²) in [5.74, 6) is 0.468. The molecule has 0 atom stereocenters. The molecule has 0 bridgehead atoms. The molecule has 9 heteroatoms. The number of hydrogen-bond donors (Lipinski definition) is 2. The number of carboxylic acids is 1. The van der Waals surface area contributed by atoms with E-state index in [0.717, 1.165) is 10.9 Å². The van der Waals surface area contributed by atoms with Gasteiger partial charge in [0.05, 0.1) is 12.6 Å². The SMILES string of the molecule is COc1ccc2c(CNCc3ccc4c(c3)OCO4)c(C(=O)O)n(Cc3ccc(F)cc3Cl)c2c1. The highest BCUT2D eigenvalue weighted by molar-refractivity contribution is 6.31. The van der Waals surface area contributed by atoms with Crippen LogP contribution in [0.15, 0.2) is 54.6 Å². The summed E-state index contributed by atoms with van der Waals surface area (Å²) in [4.78, 5) is 12.5. The number of methoxy groups -OCH3 is 1. The molecule has 3 aromatic carbocycles. The molecular weight excluding hydrogens is 475 g/mol. The predicted molar refractivity (Wildman–Crippen MR) is 129 cm³/mol. The molecule has 0 spiro atoms. The number of carboxylic acid groups (broad SMARTS) is 1. The lowest BCUT2D eigenvalue weighted by atomic mass is 10.1. The van der Waals surface area contributed by atoms with E-state index in [1.807, 2.05) is 24.3 Å². The Morgan fingerprint density at radius 1 is 1.11 bits per heavy atom. The summed E-state index contributed by atoms with van der Waals surface area (Å²) in [6, 6.07) is 15.2. The number of aromatic nitrogens is 1. The fraction of sp³-hybridized carbons (Fsp3) is 0.192. The van der Waals surface area contributed by atoms with Crippen LogP contribution >= 0.6 is 11.6 Å². The van der Waals surface area contributed by atoms with Crippen molar-refractivity contribution in [1.29, 1.82) is 0 Å². The summed E-state index contributed by atoms with van der Waals surface area (Å²) in [6.45, 7) is 1.17. The van der Waals surface area contributed by atoms with Gasteiger partial charge >= 0.3 is 5.97 Å². The molecule has 1 aromatic heterocycles. The van der Waals surface area contributed by atoms with Crippen molar-refractivity contribution < 1.29 is 28.5 Å². The van der Waals surface area contributed by atoms with Gasteiger partial charge in [-0.1, -0.05) is 23.7 Å². The third kappa shape index (κ3) is 4.50. The molecule has 0 fully saturated rings. The van der Waals surface area contributed by atoms with Crippen LogP contribution in [0.3, 0.4) is 0 Å². The Labute approximate surface area is 205 Å². The summed E-state index contributed by atoms with van der Waals surface area (Å²) in [5, 5.41) is 14.5. The molecule has 2 N–H and O–H groups in total. The zero-order valence-corrected chi connectivity index (χ0v) is 19.6. The molecule has 2 heterocycles. The Balaban J connectivity index is 1.51. The highest BCUT2D eigenvalue weighted by Crippen LogP contribution is 2.33. The molecule has 7 nitrogen and oxygen atoms in total.